The molecule has 0 aliphatic rings. The highest BCUT2D eigenvalue weighted by molar-refractivity contribution is 4.84. The Bertz CT molecular complexity index is 621. The number of nitrogens with zero attached hydrogens (tertiary/aromatic N) is 3. The smallest absolute Gasteiger partial charge is 0.340 e. The Balaban J connectivity index is 3.60. The van der Waals surface area contributed by atoms with Crippen molar-refractivity contribution in [3.63, 3.8) is 0 Å². The summed E-state index contributed by atoms with van der Waals surface area (Å²) in [5, 5.41) is 31.0. The standard InChI is InChI=1S/C18H33N3O6/c1-4-7-10-13(22)19-16(25)20(14(23)11-8-5-2)18(27)21(17(19)26)15(24)12-9-6-3/h13-15,22-24H,4-12H2,1-3H3. The van der Waals surface area contributed by atoms with Gasteiger partial charge in [0.15, 0.2) is 0 Å². The van der Waals surface area contributed by atoms with Crippen LogP contribution in [0.1, 0.15) is 97.2 Å². The number of rotatable bonds is 12. The summed E-state index contributed by atoms with van der Waals surface area (Å²) < 4.78 is 1.67. The molecule has 1 aromatic rings. The highest BCUT2D eigenvalue weighted by atomic mass is 16.3. The first-order valence-corrected chi connectivity index (χ1v) is 9.85. The first-order valence-electron chi connectivity index (χ1n) is 9.85. The van der Waals surface area contributed by atoms with E-state index in [0.717, 1.165) is 19.3 Å². The van der Waals surface area contributed by atoms with E-state index in [1.807, 2.05) is 20.8 Å². The van der Waals surface area contributed by atoms with Crippen LogP contribution in [0.2, 0.25) is 0 Å². The predicted molar refractivity (Wildman–Crippen MR) is 102 cm³/mol. The minimum atomic E-state index is -1.43. The lowest BCUT2D eigenvalue weighted by Gasteiger charge is -2.22. The second-order valence-electron chi connectivity index (χ2n) is 6.83. The summed E-state index contributed by atoms with van der Waals surface area (Å²) in [6, 6.07) is 0. The van der Waals surface area contributed by atoms with Gasteiger partial charge in [-0.1, -0.05) is 40.0 Å². The molecule has 0 aromatic carbocycles. The molecule has 1 rings (SSSR count). The molecule has 1 aromatic heterocycles. The molecule has 9 heteroatoms. The topological polar surface area (TPSA) is 127 Å². The fourth-order valence-corrected chi connectivity index (χ4v) is 2.91. The zero-order valence-electron chi connectivity index (χ0n) is 16.5. The largest absolute Gasteiger partial charge is 0.373 e. The van der Waals surface area contributed by atoms with E-state index in [-0.39, 0.29) is 19.3 Å². The maximum atomic E-state index is 12.7. The average molecular weight is 387 g/mol. The summed E-state index contributed by atoms with van der Waals surface area (Å²) in [7, 11) is 0. The van der Waals surface area contributed by atoms with E-state index in [1.54, 1.807) is 0 Å². The number of hydrogen-bond donors (Lipinski definition) is 3. The molecule has 0 saturated carbocycles. The molecule has 0 amide bonds. The zero-order chi connectivity index (χ0) is 20.6. The third kappa shape index (κ3) is 5.63. The third-order valence-corrected chi connectivity index (χ3v) is 4.58. The summed E-state index contributed by atoms with van der Waals surface area (Å²) in [6.45, 7) is 5.70. The van der Waals surface area contributed by atoms with Gasteiger partial charge in [-0.3, -0.25) is 0 Å². The van der Waals surface area contributed by atoms with Gasteiger partial charge < -0.3 is 15.3 Å². The molecule has 0 saturated heterocycles. The summed E-state index contributed by atoms with van der Waals surface area (Å²) in [4.78, 5) is 38.2. The fourth-order valence-electron chi connectivity index (χ4n) is 2.91. The Morgan fingerprint density at radius 2 is 0.815 bits per heavy atom. The minimum absolute atomic E-state index is 0.153. The third-order valence-electron chi connectivity index (χ3n) is 4.58. The molecule has 27 heavy (non-hydrogen) atoms. The van der Waals surface area contributed by atoms with Crippen LogP contribution in [-0.4, -0.2) is 29.0 Å². The van der Waals surface area contributed by atoms with Crippen LogP contribution >= 0.6 is 0 Å². The van der Waals surface area contributed by atoms with Crippen molar-refractivity contribution < 1.29 is 15.3 Å². The van der Waals surface area contributed by atoms with Gasteiger partial charge in [0.05, 0.1) is 0 Å². The van der Waals surface area contributed by atoms with Crippen LogP contribution in [0.25, 0.3) is 0 Å². The second kappa shape index (κ2) is 11.2. The van der Waals surface area contributed by atoms with Crippen LogP contribution < -0.4 is 17.1 Å². The maximum absolute atomic E-state index is 12.7. The van der Waals surface area contributed by atoms with Crippen molar-refractivity contribution in [3.05, 3.63) is 31.5 Å². The van der Waals surface area contributed by atoms with E-state index in [4.69, 9.17) is 0 Å². The highest BCUT2D eigenvalue weighted by Gasteiger charge is 2.26. The quantitative estimate of drug-likeness (QED) is 0.495. The molecular weight excluding hydrogens is 354 g/mol. The summed E-state index contributed by atoms with van der Waals surface area (Å²) in [5.41, 5.74) is -3.18. The van der Waals surface area contributed by atoms with Gasteiger partial charge in [0.1, 0.15) is 18.7 Å². The molecule has 1 heterocycles. The lowest BCUT2D eigenvalue weighted by molar-refractivity contribution is 0.0304. The monoisotopic (exact) mass is 387 g/mol. The van der Waals surface area contributed by atoms with Gasteiger partial charge in [-0.25, -0.2) is 28.1 Å². The lowest BCUT2D eigenvalue weighted by atomic mass is 10.2. The van der Waals surface area contributed by atoms with Gasteiger partial charge >= 0.3 is 17.1 Å². The Morgan fingerprint density at radius 3 is 1.00 bits per heavy atom. The molecule has 3 N–H and O–H groups in total. The van der Waals surface area contributed by atoms with Crippen molar-refractivity contribution in [1.29, 1.82) is 0 Å². The molecule has 9 nitrogen and oxygen atoms in total. The molecule has 0 bridgehead atoms. The van der Waals surface area contributed by atoms with Gasteiger partial charge in [0.2, 0.25) is 0 Å². The summed E-state index contributed by atoms with van der Waals surface area (Å²) in [5.74, 6) is 0. The second-order valence-corrected chi connectivity index (χ2v) is 6.83. The number of aromatic nitrogens is 3. The normalized spacial score (nSPS) is 14.9. The van der Waals surface area contributed by atoms with E-state index in [9.17, 15) is 29.7 Å². The molecule has 0 fully saturated rings. The van der Waals surface area contributed by atoms with E-state index in [2.05, 4.69) is 0 Å². The molecule has 156 valence electrons. The van der Waals surface area contributed by atoms with E-state index >= 15 is 0 Å². The number of hydrogen-bond acceptors (Lipinski definition) is 6. The number of aliphatic hydroxyl groups excluding tert-OH is 3. The maximum Gasteiger partial charge on any atom is 0.340 e. The Morgan fingerprint density at radius 1 is 0.593 bits per heavy atom. The van der Waals surface area contributed by atoms with Gasteiger partial charge in [-0.15, -0.1) is 0 Å². The van der Waals surface area contributed by atoms with Crippen LogP contribution in [0.15, 0.2) is 14.4 Å². The van der Waals surface area contributed by atoms with Crippen molar-refractivity contribution in [2.75, 3.05) is 0 Å². The molecular formula is C18H33N3O6. The Kier molecular flexibility index (Phi) is 9.68. The van der Waals surface area contributed by atoms with Crippen molar-refractivity contribution in [3.8, 4) is 0 Å². The van der Waals surface area contributed by atoms with E-state index in [1.165, 1.54) is 0 Å². The number of unbranched alkanes of at least 4 members (excludes halogenated alkanes) is 3. The predicted octanol–water partition coefficient (Wildman–Crippen LogP) is 1.21. The molecule has 0 spiro atoms. The zero-order valence-corrected chi connectivity index (χ0v) is 16.5. The van der Waals surface area contributed by atoms with Gasteiger partial charge in [-0.05, 0) is 38.5 Å². The lowest BCUT2D eigenvalue weighted by Crippen LogP contribution is -2.57. The van der Waals surface area contributed by atoms with Gasteiger partial charge in [0.25, 0.3) is 0 Å². The number of aliphatic hydroxyl groups is 3. The molecule has 0 aliphatic heterocycles. The highest BCUT2D eigenvalue weighted by Crippen LogP contribution is 2.12. The average Bonchev–Trinajstić information content (AvgIpc) is 2.62. The van der Waals surface area contributed by atoms with Crippen LogP contribution in [0, 0.1) is 0 Å². The van der Waals surface area contributed by atoms with Crippen molar-refractivity contribution >= 4 is 0 Å². The van der Waals surface area contributed by atoms with Crippen LogP contribution in [0.5, 0.6) is 0 Å². The SMILES string of the molecule is CCCCC(O)n1c(=O)n(C(O)CCCC)c(=O)n(C(O)CCCC)c1=O. The van der Waals surface area contributed by atoms with E-state index in [0.29, 0.717) is 33.0 Å². The first-order chi connectivity index (χ1) is 12.8. The summed E-state index contributed by atoms with van der Waals surface area (Å²) in [6.07, 6.45) is 0.127. The fraction of sp³-hybridized carbons (Fsp3) is 0.833. The van der Waals surface area contributed by atoms with E-state index < -0.39 is 35.8 Å². The van der Waals surface area contributed by atoms with Gasteiger partial charge in [0, 0.05) is 0 Å². The van der Waals surface area contributed by atoms with Crippen molar-refractivity contribution in [1.82, 2.24) is 13.7 Å². The van der Waals surface area contributed by atoms with Crippen molar-refractivity contribution in [2.24, 2.45) is 0 Å². The van der Waals surface area contributed by atoms with Crippen molar-refractivity contribution in [2.45, 2.75) is 97.2 Å². The van der Waals surface area contributed by atoms with Crippen LogP contribution in [0.4, 0.5) is 0 Å². The minimum Gasteiger partial charge on any atom is -0.373 e. The van der Waals surface area contributed by atoms with Gasteiger partial charge in [-0.2, -0.15) is 0 Å². The molecule has 0 radical (unpaired) electrons. The molecule has 3 atom stereocenters. The first kappa shape index (κ1) is 23.3. The Hall–Kier alpha value is -1.71. The summed E-state index contributed by atoms with van der Waals surface area (Å²) >= 11 is 0. The Labute approximate surface area is 158 Å². The van der Waals surface area contributed by atoms with Crippen LogP contribution in [-0.2, 0) is 0 Å². The van der Waals surface area contributed by atoms with Crippen LogP contribution in [0.3, 0.4) is 0 Å². The molecule has 3 unspecified atom stereocenters. The molecule has 0 aliphatic carbocycles.